The average molecular weight is 292 g/mol. The summed E-state index contributed by atoms with van der Waals surface area (Å²) in [5, 5.41) is 0. The van der Waals surface area contributed by atoms with Crippen LogP contribution in [-0.4, -0.2) is 11.9 Å². The van der Waals surface area contributed by atoms with Gasteiger partial charge in [0, 0.05) is 12.0 Å². The number of hydrogen-bond donors (Lipinski definition) is 0. The maximum absolute atomic E-state index is 12.5. The van der Waals surface area contributed by atoms with Crippen molar-refractivity contribution in [3.63, 3.8) is 0 Å². The molecule has 0 aliphatic heterocycles. The molecule has 20 heavy (non-hydrogen) atoms. The second-order valence-electron chi connectivity index (χ2n) is 6.90. The molecule has 2 atom stereocenters. The maximum atomic E-state index is 12.5. The summed E-state index contributed by atoms with van der Waals surface area (Å²) in [5.74, 6) is 0.998. The molecule has 0 saturated heterocycles. The fraction of sp³-hybridized carbons (Fsp3) is 0.611. The van der Waals surface area contributed by atoms with E-state index in [9.17, 15) is 4.79 Å². The minimum atomic E-state index is 0.238. The van der Waals surface area contributed by atoms with Gasteiger partial charge in [-0.15, -0.1) is 9.24 Å². The van der Waals surface area contributed by atoms with E-state index >= 15 is 0 Å². The molecule has 0 radical (unpaired) electrons. The highest BCUT2D eigenvalue weighted by molar-refractivity contribution is 7.16. The Morgan fingerprint density at radius 2 is 1.80 bits per heavy atom. The highest BCUT2D eigenvalue weighted by Crippen LogP contribution is 2.32. The summed E-state index contributed by atoms with van der Waals surface area (Å²) >= 11 is 0. The Balaban J connectivity index is 2.68. The quantitative estimate of drug-likeness (QED) is 0.499. The molecule has 0 aliphatic carbocycles. The number of carbonyl (C=O) groups excluding carboxylic acids is 1. The van der Waals surface area contributed by atoms with Gasteiger partial charge in [0.2, 0.25) is 0 Å². The number of ketones is 1. The number of aryl methyl sites for hydroxylation is 2. The Morgan fingerprint density at radius 3 is 2.30 bits per heavy atom. The van der Waals surface area contributed by atoms with Gasteiger partial charge in [-0.05, 0) is 55.3 Å². The van der Waals surface area contributed by atoms with Crippen LogP contribution in [0, 0.1) is 25.2 Å². The third-order valence-electron chi connectivity index (χ3n) is 4.09. The van der Waals surface area contributed by atoms with Crippen molar-refractivity contribution in [2.24, 2.45) is 11.3 Å². The molecule has 0 N–H and O–H groups in total. The van der Waals surface area contributed by atoms with Crippen LogP contribution in [0.1, 0.15) is 61.5 Å². The number of carbonyl (C=O) groups is 1. The first kappa shape index (κ1) is 17.4. The van der Waals surface area contributed by atoms with Crippen LogP contribution in [0.2, 0.25) is 0 Å². The molecule has 2 heteroatoms. The standard InChI is InChI=1S/C18H29OP/c1-13(12-20)11-18(4,5)10-9-16(19)17-14(2)7-6-8-15(17)3/h6-8,13H,9-12,20H2,1-5H3. The van der Waals surface area contributed by atoms with Gasteiger partial charge in [-0.25, -0.2) is 0 Å². The van der Waals surface area contributed by atoms with Gasteiger partial charge in [0.1, 0.15) is 0 Å². The lowest BCUT2D eigenvalue weighted by Gasteiger charge is -2.27. The third kappa shape index (κ3) is 5.02. The van der Waals surface area contributed by atoms with Crippen molar-refractivity contribution >= 4 is 15.0 Å². The molecule has 0 spiro atoms. The summed E-state index contributed by atoms with van der Waals surface area (Å²) in [7, 11) is 2.82. The highest BCUT2D eigenvalue weighted by Gasteiger charge is 2.22. The van der Waals surface area contributed by atoms with E-state index in [0.29, 0.717) is 18.1 Å². The van der Waals surface area contributed by atoms with E-state index in [1.807, 2.05) is 32.0 Å². The van der Waals surface area contributed by atoms with Gasteiger partial charge in [0.05, 0.1) is 0 Å². The largest absolute Gasteiger partial charge is 0.294 e. The molecule has 1 aromatic rings. The van der Waals surface area contributed by atoms with E-state index in [0.717, 1.165) is 29.3 Å². The summed E-state index contributed by atoms with van der Waals surface area (Å²) in [4.78, 5) is 12.5. The molecule has 1 nitrogen and oxygen atoms in total. The second kappa shape index (κ2) is 7.36. The van der Waals surface area contributed by atoms with Crippen molar-refractivity contribution in [1.82, 2.24) is 0 Å². The van der Waals surface area contributed by atoms with E-state index in [-0.39, 0.29) is 5.41 Å². The van der Waals surface area contributed by atoms with Crippen LogP contribution < -0.4 is 0 Å². The summed E-state index contributed by atoms with van der Waals surface area (Å²) in [5.41, 5.74) is 3.38. The van der Waals surface area contributed by atoms with Crippen LogP contribution in [0.3, 0.4) is 0 Å². The molecule has 0 bridgehead atoms. The second-order valence-corrected chi connectivity index (χ2v) is 7.37. The van der Waals surface area contributed by atoms with E-state index in [4.69, 9.17) is 0 Å². The number of Topliss-reactive ketones (excluding diaryl/α,β-unsaturated/α-hetero) is 1. The van der Waals surface area contributed by atoms with Gasteiger partial charge >= 0.3 is 0 Å². The molecule has 0 heterocycles. The van der Waals surface area contributed by atoms with Gasteiger partial charge in [-0.3, -0.25) is 4.79 Å². The topological polar surface area (TPSA) is 17.1 Å². The zero-order chi connectivity index (χ0) is 15.3. The lowest BCUT2D eigenvalue weighted by molar-refractivity contribution is 0.0956. The Bertz CT molecular complexity index is 442. The molecule has 0 amide bonds. The van der Waals surface area contributed by atoms with Crippen molar-refractivity contribution in [1.29, 1.82) is 0 Å². The lowest BCUT2D eigenvalue weighted by atomic mass is 9.79. The smallest absolute Gasteiger partial charge is 0.163 e. The number of benzene rings is 1. The maximum Gasteiger partial charge on any atom is 0.163 e. The normalized spacial score (nSPS) is 13.3. The Morgan fingerprint density at radius 1 is 1.25 bits per heavy atom. The van der Waals surface area contributed by atoms with Crippen molar-refractivity contribution in [3.8, 4) is 0 Å². The minimum absolute atomic E-state index is 0.238. The van der Waals surface area contributed by atoms with E-state index in [1.54, 1.807) is 0 Å². The average Bonchev–Trinajstić information content (AvgIpc) is 2.35. The molecule has 112 valence electrons. The van der Waals surface area contributed by atoms with Gasteiger partial charge in [-0.2, -0.15) is 0 Å². The zero-order valence-corrected chi connectivity index (χ0v) is 14.8. The first-order valence-electron chi connectivity index (χ1n) is 7.56. The molecule has 0 fully saturated rings. The Kier molecular flexibility index (Phi) is 6.40. The molecule has 0 aliphatic rings. The first-order valence-corrected chi connectivity index (χ1v) is 8.38. The van der Waals surface area contributed by atoms with Crippen LogP contribution in [0.5, 0.6) is 0 Å². The van der Waals surface area contributed by atoms with Gasteiger partial charge in [0.25, 0.3) is 0 Å². The van der Waals surface area contributed by atoms with Gasteiger partial charge in [0.15, 0.2) is 5.78 Å². The van der Waals surface area contributed by atoms with Crippen LogP contribution in [-0.2, 0) is 0 Å². The highest BCUT2D eigenvalue weighted by atomic mass is 31.0. The van der Waals surface area contributed by atoms with Crippen LogP contribution in [0.15, 0.2) is 18.2 Å². The van der Waals surface area contributed by atoms with Gasteiger partial charge in [-0.1, -0.05) is 39.0 Å². The first-order chi connectivity index (χ1) is 9.26. The number of hydrogen-bond acceptors (Lipinski definition) is 1. The van der Waals surface area contributed by atoms with Crippen LogP contribution >= 0.6 is 9.24 Å². The summed E-state index contributed by atoms with van der Waals surface area (Å²) in [6.07, 6.45) is 3.93. The van der Waals surface area contributed by atoms with E-state index in [1.165, 1.54) is 6.42 Å². The minimum Gasteiger partial charge on any atom is -0.294 e. The summed E-state index contributed by atoms with van der Waals surface area (Å²) in [6.45, 7) is 10.9. The van der Waals surface area contributed by atoms with Gasteiger partial charge < -0.3 is 0 Å². The van der Waals surface area contributed by atoms with Crippen molar-refractivity contribution in [2.45, 2.75) is 53.9 Å². The Labute approximate surface area is 126 Å². The monoisotopic (exact) mass is 292 g/mol. The molecule has 1 aromatic carbocycles. The fourth-order valence-corrected chi connectivity index (χ4v) is 3.13. The van der Waals surface area contributed by atoms with Crippen LogP contribution in [0.25, 0.3) is 0 Å². The molecule has 0 saturated carbocycles. The van der Waals surface area contributed by atoms with E-state index in [2.05, 4.69) is 30.0 Å². The fourth-order valence-electron chi connectivity index (χ4n) is 2.96. The Hall–Kier alpha value is -0.680. The van der Waals surface area contributed by atoms with Crippen molar-refractivity contribution < 1.29 is 4.79 Å². The van der Waals surface area contributed by atoms with Crippen LogP contribution in [0.4, 0.5) is 0 Å². The van der Waals surface area contributed by atoms with E-state index < -0.39 is 0 Å². The molecular formula is C18H29OP. The predicted octanol–water partition coefficient (Wildman–Crippen LogP) is 5.19. The summed E-state index contributed by atoms with van der Waals surface area (Å²) < 4.78 is 0. The van der Waals surface area contributed by atoms with Crippen molar-refractivity contribution in [2.75, 3.05) is 6.16 Å². The third-order valence-corrected chi connectivity index (χ3v) is 4.90. The molecule has 1 rings (SSSR count). The molecular weight excluding hydrogens is 263 g/mol. The summed E-state index contributed by atoms with van der Waals surface area (Å²) in [6, 6.07) is 6.08. The van der Waals surface area contributed by atoms with Crippen molar-refractivity contribution in [3.05, 3.63) is 34.9 Å². The molecule has 0 aromatic heterocycles. The lowest BCUT2D eigenvalue weighted by Crippen LogP contribution is -2.18. The zero-order valence-electron chi connectivity index (χ0n) is 13.6. The SMILES string of the molecule is Cc1cccc(C)c1C(=O)CCC(C)(C)CC(C)CP. The molecule has 2 unspecified atom stereocenters. The number of rotatable bonds is 7. The predicted molar refractivity (Wildman–Crippen MR) is 91.6 cm³/mol.